The Morgan fingerprint density at radius 2 is 1.05 bits per heavy atom. The molecule has 0 aliphatic heterocycles. The molecular weight excluding hydrogens is 346 g/mol. The molecule has 0 aliphatic carbocycles. The van der Waals surface area contributed by atoms with Crippen LogP contribution in [0.3, 0.4) is 0 Å². The Labute approximate surface area is 164 Å². The zero-order valence-electron chi connectivity index (χ0n) is 14.9. The molecule has 0 rings (SSSR count). The van der Waals surface area contributed by atoms with Crippen LogP contribution in [0, 0.1) is 11.8 Å². The van der Waals surface area contributed by atoms with Crippen molar-refractivity contribution >= 4 is 35.0 Å². The van der Waals surface area contributed by atoms with Gasteiger partial charge in [0.15, 0.2) is 0 Å². The fourth-order valence-corrected chi connectivity index (χ4v) is 1.88. The van der Waals surface area contributed by atoms with Crippen molar-refractivity contribution in [3.63, 3.8) is 0 Å². The second kappa shape index (κ2) is 21.3. The van der Waals surface area contributed by atoms with Crippen molar-refractivity contribution in [3.8, 4) is 0 Å². The van der Waals surface area contributed by atoms with Crippen molar-refractivity contribution in [2.45, 2.75) is 79.1 Å². The summed E-state index contributed by atoms with van der Waals surface area (Å²) in [7, 11) is 0. The van der Waals surface area contributed by atoms with E-state index in [4.69, 9.17) is 0 Å². The van der Waals surface area contributed by atoms with Crippen LogP contribution in [-0.2, 0) is 29.1 Å². The average Bonchev–Trinajstić information content (AvgIpc) is 2.40. The molecule has 122 valence electrons. The smallest absolute Gasteiger partial charge is 0.550 e. The molecule has 4 nitrogen and oxygen atoms in total. The molecule has 0 spiro atoms. The Bertz CT molecular complexity index is 237. The number of hydrogen-bond acceptors (Lipinski definition) is 4. The Morgan fingerprint density at radius 3 is 1.18 bits per heavy atom. The third kappa shape index (κ3) is 18.4. The van der Waals surface area contributed by atoms with Crippen LogP contribution in [-0.4, -0.2) is 35.0 Å². The van der Waals surface area contributed by atoms with E-state index >= 15 is 0 Å². The molecule has 2 atom stereocenters. The first kappa shape index (κ1) is 30.2. The average molecular weight is 376 g/mol. The third-order valence-corrected chi connectivity index (χ3v) is 3.46. The molecule has 0 amide bonds. The van der Waals surface area contributed by atoms with E-state index in [0.717, 1.165) is 38.5 Å². The zero-order valence-corrected chi connectivity index (χ0v) is 19.2. The van der Waals surface area contributed by atoms with Gasteiger partial charge in [0.25, 0.3) is 0 Å². The topological polar surface area (TPSA) is 80.3 Å². The van der Waals surface area contributed by atoms with E-state index in [9.17, 15) is 19.8 Å². The molecule has 0 aromatic rings. The maximum Gasteiger partial charge on any atom is 2.00 e. The minimum Gasteiger partial charge on any atom is -0.550 e. The first-order valence-corrected chi connectivity index (χ1v) is 7.86. The molecule has 0 heterocycles. The summed E-state index contributed by atoms with van der Waals surface area (Å²) >= 11 is 0. The van der Waals surface area contributed by atoms with Crippen molar-refractivity contribution in [3.05, 3.63) is 0 Å². The zero-order chi connectivity index (χ0) is 16.0. The van der Waals surface area contributed by atoms with Crippen LogP contribution in [0.2, 0.25) is 0 Å². The largest absolute Gasteiger partial charge is 2.00 e. The number of rotatable bonds is 10. The molecule has 0 fully saturated rings. The van der Waals surface area contributed by atoms with Gasteiger partial charge < -0.3 is 19.8 Å². The first-order chi connectivity index (χ1) is 9.44. The predicted octanol–water partition coefficient (Wildman–Crippen LogP) is 1.52. The van der Waals surface area contributed by atoms with Gasteiger partial charge >= 0.3 is 23.1 Å². The molecule has 0 N–H and O–H groups in total. The van der Waals surface area contributed by atoms with Crippen molar-refractivity contribution in [1.82, 2.24) is 0 Å². The van der Waals surface area contributed by atoms with Gasteiger partial charge in [-0.1, -0.05) is 53.4 Å². The third-order valence-electron chi connectivity index (χ3n) is 3.46. The van der Waals surface area contributed by atoms with Crippen molar-refractivity contribution in [2.75, 3.05) is 0 Å². The van der Waals surface area contributed by atoms with Gasteiger partial charge in [0.2, 0.25) is 0 Å². The number of carboxylic acids is 2. The SMILES string of the molecule is CCCCC(CC)C(=O)[O-].CCCCC(CC)C(=O)[O-].[Mg+2].[Zn]. The minimum atomic E-state index is -0.893. The monoisotopic (exact) mass is 374 g/mol. The van der Waals surface area contributed by atoms with Crippen LogP contribution in [0.4, 0.5) is 0 Å². The quantitative estimate of drug-likeness (QED) is 0.542. The maximum atomic E-state index is 10.3. The van der Waals surface area contributed by atoms with Gasteiger partial charge in [0.05, 0.1) is 0 Å². The molecule has 0 radical (unpaired) electrons. The number of aliphatic carboxylic acids is 2. The minimum absolute atomic E-state index is 0. The van der Waals surface area contributed by atoms with E-state index < -0.39 is 11.9 Å². The van der Waals surface area contributed by atoms with E-state index in [2.05, 4.69) is 13.8 Å². The van der Waals surface area contributed by atoms with Crippen molar-refractivity contribution < 1.29 is 39.3 Å². The van der Waals surface area contributed by atoms with Crippen LogP contribution < -0.4 is 10.2 Å². The fraction of sp³-hybridized carbons (Fsp3) is 0.875. The summed E-state index contributed by atoms with van der Waals surface area (Å²) in [6.07, 6.45) is 7.04. The van der Waals surface area contributed by atoms with Crippen LogP contribution in [0.15, 0.2) is 0 Å². The van der Waals surface area contributed by atoms with E-state index in [1.54, 1.807) is 0 Å². The summed E-state index contributed by atoms with van der Waals surface area (Å²) in [6.45, 7) is 7.89. The first-order valence-electron chi connectivity index (χ1n) is 7.86. The molecule has 0 saturated carbocycles. The summed E-state index contributed by atoms with van der Waals surface area (Å²) in [5.74, 6) is -2.23. The summed E-state index contributed by atoms with van der Waals surface area (Å²) < 4.78 is 0. The number of carbonyl (C=O) groups is 2. The molecule has 22 heavy (non-hydrogen) atoms. The van der Waals surface area contributed by atoms with Crippen LogP contribution >= 0.6 is 0 Å². The molecule has 0 bridgehead atoms. The number of carbonyl (C=O) groups excluding carboxylic acids is 2. The maximum absolute atomic E-state index is 10.3. The number of carboxylic acid groups (broad SMARTS) is 2. The second-order valence-electron chi connectivity index (χ2n) is 5.13. The molecule has 0 saturated heterocycles. The molecule has 6 heteroatoms. The van der Waals surface area contributed by atoms with Gasteiger partial charge in [-0.3, -0.25) is 0 Å². The Hall–Kier alpha value is 0.330. The van der Waals surface area contributed by atoms with E-state index in [1.807, 2.05) is 13.8 Å². The van der Waals surface area contributed by atoms with Crippen molar-refractivity contribution in [1.29, 1.82) is 0 Å². The van der Waals surface area contributed by atoms with Gasteiger partial charge in [-0.15, -0.1) is 0 Å². The predicted molar refractivity (Wildman–Crippen MR) is 82.4 cm³/mol. The molecule has 0 aliphatic rings. The van der Waals surface area contributed by atoms with Crippen LogP contribution in [0.25, 0.3) is 0 Å². The standard InChI is InChI=1S/2C8H16O2.Mg.Zn/c2*1-3-5-6-7(4-2)8(9)10;;/h2*7H,3-6H2,1-2H3,(H,9,10);;/q;;+2;/p-2. The summed E-state index contributed by atoms with van der Waals surface area (Å²) in [5.41, 5.74) is 0. The van der Waals surface area contributed by atoms with E-state index in [-0.39, 0.29) is 54.4 Å². The van der Waals surface area contributed by atoms with Gasteiger partial charge in [-0.25, -0.2) is 0 Å². The van der Waals surface area contributed by atoms with Crippen LogP contribution in [0.5, 0.6) is 0 Å². The van der Waals surface area contributed by atoms with Crippen molar-refractivity contribution in [2.24, 2.45) is 11.8 Å². The van der Waals surface area contributed by atoms with E-state index in [1.165, 1.54) is 0 Å². The number of unbranched alkanes of at least 4 members (excludes halogenated alkanes) is 2. The van der Waals surface area contributed by atoms with E-state index in [0.29, 0.717) is 12.8 Å². The van der Waals surface area contributed by atoms with Gasteiger partial charge in [0, 0.05) is 31.4 Å². The summed E-state index contributed by atoms with van der Waals surface area (Å²) in [6, 6.07) is 0. The molecule has 0 aromatic carbocycles. The van der Waals surface area contributed by atoms with Crippen LogP contribution in [0.1, 0.15) is 79.1 Å². The molecular formula is C16H30MgO4Zn. The molecule has 2 unspecified atom stereocenters. The normalized spacial score (nSPS) is 11.8. The Kier molecular flexibility index (Phi) is 29.3. The summed E-state index contributed by atoms with van der Waals surface area (Å²) in [4.78, 5) is 20.7. The second-order valence-corrected chi connectivity index (χ2v) is 5.13. The van der Waals surface area contributed by atoms with Gasteiger partial charge in [-0.05, 0) is 37.5 Å². The Morgan fingerprint density at radius 1 is 0.773 bits per heavy atom. The molecule has 0 aromatic heterocycles. The summed E-state index contributed by atoms with van der Waals surface area (Å²) in [5, 5.41) is 20.7. The Balaban J connectivity index is -0.000000135. The van der Waals surface area contributed by atoms with Gasteiger partial charge in [-0.2, -0.15) is 0 Å². The van der Waals surface area contributed by atoms with Gasteiger partial charge in [0.1, 0.15) is 0 Å². The number of hydrogen-bond donors (Lipinski definition) is 0. The fourth-order valence-electron chi connectivity index (χ4n) is 1.88.